The standard InChI is InChI=1S/C24H27N3OS/c1-26-12-9-21(10-13-26)28-23-22-5-3-2-4-19(22)8-14-27-16-20(25-24(23)27)7-6-18-11-15-29-17-18/h2-7,11,15-17,21,23H,8-10,12-14H2,1H3/b7-6+. The van der Waals surface area contributed by atoms with Crippen LogP contribution in [0.15, 0.2) is 47.3 Å². The molecule has 2 aliphatic heterocycles. The second kappa shape index (κ2) is 8.27. The summed E-state index contributed by atoms with van der Waals surface area (Å²) in [6.45, 7) is 3.14. The number of hydrogen-bond acceptors (Lipinski definition) is 4. The van der Waals surface area contributed by atoms with E-state index in [1.807, 2.05) is 0 Å². The summed E-state index contributed by atoms with van der Waals surface area (Å²) in [4.78, 5) is 7.40. The first-order valence-electron chi connectivity index (χ1n) is 10.5. The lowest BCUT2D eigenvalue weighted by atomic mass is 10.00. The zero-order chi connectivity index (χ0) is 19.6. The highest BCUT2D eigenvalue weighted by atomic mass is 32.1. The van der Waals surface area contributed by atoms with E-state index in [4.69, 9.17) is 9.72 Å². The number of rotatable bonds is 4. The van der Waals surface area contributed by atoms with Gasteiger partial charge in [0.15, 0.2) is 0 Å². The lowest BCUT2D eigenvalue weighted by molar-refractivity contribution is -0.0275. The van der Waals surface area contributed by atoms with E-state index < -0.39 is 0 Å². The van der Waals surface area contributed by atoms with Gasteiger partial charge in [-0.2, -0.15) is 11.3 Å². The van der Waals surface area contributed by atoms with E-state index in [0.29, 0.717) is 0 Å². The topological polar surface area (TPSA) is 30.3 Å². The van der Waals surface area contributed by atoms with Crippen molar-refractivity contribution in [2.24, 2.45) is 0 Å². The van der Waals surface area contributed by atoms with Crippen molar-refractivity contribution in [2.75, 3.05) is 20.1 Å². The zero-order valence-corrected chi connectivity index (χ0v) is 17.6. The van der Waals surface area contributed by atoms with E-state index in [1.165, 1.54) is 16.7 Å². The molecule has 3 aromatic rings. The third kappa shape index (κ3) is 4.08. The minimum Gasteiger partial charge on any atom is -0.362 e. The van der Waals surface area contributed by atoms with Crippen LogP contribution in [0, 0.1) is 0 Å². The molecule has 0 spiro atoms. The quantitative estimate of drug-likeness (QED) is 0.620. The molecule has 0 aliphatic carbocycles. The highest BCUT2D eigenvalue weighted by Gasteiger charge is 2.30. The van der Waals surface area contributed by atoms with Crippen LogP contribution in [0.5, 0.6) is 0 Å². The van der Waals surface area contributed by atoms with Gasteiger partial charge in [-0.25, -0.2) is 4.98 Å². The fraction of sp³-hybridized carbons (Fsp3) is 0.375. The van der Waals surface area contributed by atoms with Crippen molar-refractivity contribution < 1.29 is 4.74 Å². The lowest BCUT2D eigenvalue weighted by Crippen LogP contribution is -2.35. The molecule has 5 rings (SSSR count). The zero-order valence-electron chi connectivity index (χ0n) is 16.8. The van der Waals surface area contributed by atoms with Crippen molar-refractivity contribution in [3.8, 4) is 0 Å². The van der Waals surface area contributed by atoms with Gasteiger partial charge in [0.1, 0.15) is 11.9 Å². The summed E-state index contributed by atoms with van der Waals surface area (Å²) < 4.78 is 9.04. The molecule has 1 saturated heterocycles. The molecule has 1 aromatic carbocycles. The first-order chi connectivity index (χ1) is 14.3. The summed E-state index contributed by atoms with van der Waals surface area (Å²) in [5.74, 6) is 1.04. The molecule has 5 heteroatoms. The fourth-order valence-electron chi connectivity index (χ4n) is 4.32. The van der Waals surface area contributed by atoms with Gasteiger partial charge in [0, 0.05) is 25.8 Å². The van der Waals surface area contributed by atoms with Crippen LogP contribution < -0.4 is 0 Å². The Morgan fingerprint density at radius 3 is 2.79 bits per heavy atom. The molecule has 0 N–H and O–H groups in total. The molecule has 0 saturated carbocycles. The third-order valence-electron chi connectivity index (χ3n) is 6.00. The molecule has 0 bridgehead atoms. The first-order valence-corrected chi connectivity index (χ1v) is 11.4. The molecule has 1 fully saturated rings. The molecule has 0 radical (unpaired) electrons. The van der Waals surface area contributed by atoms with Crippen molar-refractivity contribution >= 4 is 23.5 Å². The molecular formula is C24H27N3OS. The lowest BCUT2D eigenvalue weighted by Gasteiger charge is -2.32. The first kappa shape index (κ1) is 18.8. The van der Waals surface area contributed by atoms with Gasteiger partial charge >= 0.3 is 0 Å². The Bertz CT molecular complexity index is 983. The van der Waals surface area contributed by atoms with Gasteiger partial charge in [-0.1, -0.05) is 30.3 Å². The number of ether oxygens (including phenoxy) is 1. The monoisotopic (exact) mass is 405 g/mol. The molecule has 1 unspecified atom stereocenters. The summed E-state index contributed by atoms with van der Waals surface area (Å²) in [5.41, 5.74) is 4.89. The minimum atomic E-state index is -0.0922. The maximum absolute atomic E-state index is 6.74. The van der Waals surface area contributed by atoms with Crippen LogP contribution >= 0.6 is 11.3 Å². The van der Waals surface area contributed by atoms with Crippen LogP contribution in [-0.2, 0) is 17.7 Å². The van der Waals surface area contributed by atoms with Crippen molar-refractivity contribution in [1.82, 2.24) is 14.5 Å². The van der Waals surface area contributed by atoms with Crippen LogP contribution in [0.4, 0.5) is 0 Å². The number of imidazole rings is 1. The van der Waals surface area contributed by atoms with Crippen LogP contribution in [-0.4, -0.2) is 40.7 Å². The Morgan fingerprint density at radius 2 is 1.97 bits per heavy atom. The Balaban J connectivity index is 1.47. The van der Waals surface area contributed by atoms with E-state index in [2.05, 4.69) is 76.0 Å². The SMILES string of the molecule is CN1CCC(OC2c3ccccc3CCn3cc(/C=C/c4ccsc4)nc32)CC1. The number of piperidine rings is 1. The second-order valence-corrected chi connectivity index (χ2v) is 8.85. The number of aromatic nitrogens is 2. The fourth-order valence-corrected chi connectivity index (χ4v) is 4.94. The third-order valence-corrected chi connectivity index (χ3v) is 6.71. The van der Waals surface area contributed by atoms with Crippen molar-refractivity contribution in [3.63, 3.8) is 0 Å². The van der Waals surface area contributed by atoms with Gasteiger partial charge in [-0.05, 0) is 65.9 Å². The molecule has 4 heterocycles. The molecule has 29 heavy (non-hydrogen) atoms. The number of fused-ring (bicyclic) bond motifs is 2. The van der Waals surface area contributed by atoms with Gasteiger partial charge in [-0.3, -0.25) is 0 Å². The number of hydrogen-bond donors (Lipinski definition) is 0. The predicted molar refractivity (Wildman–Crippen MR) is 119 cm³/mol. The molecular weight excluding hydrogens is 378 g/mol. The van der Waals surface area contributed by atoms with E-state index in [0.717, 1.165) is 50.4 Å². The maximum atomic E-state index is 6.74. The Kier molecular flexibility index (Phi) is 5.36. The van der Waals surface area contributed by atoms with Gasteiger partial charge < -0.3 is 14.2 Å². The molecule has 1 atom stereocenters. The minimum absolute atomic E-state index is 0.0922. The molecule has 2 aromatic heterocycles. The Morgan fingerprint density at radius 1 is 1.10 bits per heavy atom. The van der Waals surface area contributed by atoms with E-state index >= 15 is 0 Å². The summed E-state index contributed by atoms with van der Waals surface area (Å²) >= 11 is 1.72. The van der Waals surface area contributed by atoms with Crippen LogP contribution in [0.25, 0.3) is 12.2 Å². The van der Waals surface area contributed by atoms with Gasteiger partial charge in [-0.15, -0.1) is 0 Å². The average molecular weight is 406 g/mol. The maximum Gasteiger partial charge on any atom is 0.143 e. The van der Waals surface area contributed by atoms with Gasteiger partial charge in [0.2, 0.25) is 0 Å². The van der Waals surface area contributed by atoms with E-state index in [1.54, 1.807) is 11.3 Å². The molecule has 0 amide bonds. The average Bonchev–Trinajstić information content (AvgIpc) is 3.38. The van der Waals surface area contributed by atoms with E-state index in [9.17, 15) is 0 Å². The Hall–Kier alpha value is -2.21. The Labute approximate surface area is 176 Å². The van der Waals surface area contributed by atoms with Gasteiger partial charge in [0.05, 0.1) is 11.8 Å². The number of nitrogens with zero attached hydrogens (tertiary/aromatic N) is 3. The van der Waals surface area contributed by atoms with Gasteiger partial charge in [0.25, 0.3) is 0 Å². The van der Waals surface area contributed by atoms with Crippen molar-refractivity contribution in [2.45, 2.75) is 38.0 Å². The number of likely N-dealkylation sites (tertiary alicyclic amines) is 1. The number of benzene rings is 1. The van der Waals surface area contributed by atoms with Crippen LogP contribution in [0.3, 0.4) is 0 Å². The summed E-state index contributed by atoms with van der Waals surface area (Å²) in [7, 11) is 2.19. The number of thiophene rings is 1. The molecule has 150 valence electrons. The highest BCUT2D eigenvalue weighted by molar-refractivity contribution is 7.08. The summed E-state index contributed by atoms with van der Waals surface area (Å²) in [5, 5.41) is 4.25. The normalized spacial score (nSPS) is 20.5. The largest absolute Gasteiger partial charge is 0.362 e. The van der Waals surface area contributed by atoms with Crippen molar-refractivity contribution in [3.05, 3.63) is 75.5 Å². The predicted octanol–water partition coefficient (Wildman–Crippen LogP) is 4.87. The highest BCUT2D eigenvalue weighted by Crippen LogP contribution is 2.34. The smallest absolute Gasteiger partial charge is 0.143 e. The second-order valence-electron chi connectivity index (χ2n) is 8.07. The van der Waals surface area contributed by atoms with E-state index in [-0.39, 0.29) is 12.2 Å². The van der Waals surface area contributed by atoms with Crippen LogP contribution in [0.2, 0.25) is 0 Å². The van der Waals surface area contributed by atoms with Crippen LogP contribution in [0.1, 0.15) is 47.2 Å². The summed E-state index contributed by atoms with van der Waals surface area (Å²) in [6, 6.07) is 10.9. The summed E-state index contributed by atoms with van der Waals surface area (Å²) in [6.07, 6.45) is 9.81. The molecule has 4 nitrogen and oxygen atoms in total. The van der Waals surface area contributed by atoms with Crippen molar-refractivity contribution in [1.29, 1.82) is 0 Å². The molecule has 2 aliphatic rings. The number of aryl methyl sites for hydroxylation is 2.